The van der Waals surface area contributed by atoms with Crippen LogP contribution in [0.3, 0.4) is 0 Å². The maximum Gasteiger partial charge on any atom is 0.290 e. The SMILES string of the molecule is O=C(c1cc(=O)c2ccccc2o1)N1CCCSCC1CN1CCCCC1. The molecule has 0 radical (unpaired) electrons. The second-order valence-corrected chi connectivity index (χ2v) is 8.56. The van der Waals surface area contributed by atoms with Crippen LogP contribution < -0.4 is 5.43 Å². The van der Waals surface area contributed by atoms with Crippen molar-refractivity contribution in [2.75, 3.05) is 37.7 Å². The highest BCUT2D eigenvalue weighted by atomic mass is 32.2. The summed E-state index contributed by atoms with van der Waals surface area (Å²) in [5, 5.41) is 0.519. The molecule has 5 nitrogen and oxygen atoms in total. The van der Waals surface area contributed by atoms with Crippen molar-refractivity contribution < 1.29 is 9.21 Å². The van der Waals surface area contributed by atoms with Crippen molar-refractivity contribution in [3.8, 4) is 0 Å². The second-order valence-electron chi connectivity index (χ2n) is 7.41. The summed E-state index contributed by atoms with van der Waals surface area (Å²) < 4.78 is 5.83. The van der Waals surface area contributed by atoms with Gasteiger partial charge in [-0.3, -0.25) is 9.59 Å². The van der Waals surface area contributed by atoms with Crippen LogP contribution in [0, 0.1) is 0 Å². The number of benzene rings is 1. The number of rotatable bonds is 3. The molecule has 1 amide bonds. The maximum atomic E-state index is 13.3. The van der Waals surface area contributed by atoms with E-state index in [-0.39, 0.29) is 23.1 Å². The summed E-state index contributed by atoms with van der Waals surface area (Å²) in [5.41, 5.74) is 0.321. The van der Waals surface area contributed by atoms with Gasteiger partial charge in [0.05, 0.1) is 11.4 Å². The molecule has 1 unspecified atom stereocenters. The normalized spacial score (nSPS) is 21.9. The molecule has 4 rings (SSSR count). The van der Waals surface area contributed by atoms with Crippen molar-refractivity contribution >= 4 is 28.6 Å². The van der Waals surface area contributed by atoms with E-state index in [0.717, 1.165) is 44.1 Å². The van der Waals surface area contributed by atoms with Crippen molar-refractivity contribution in [3.63, 3.8) is 0 Å². The molecule has 1 atom stereocenters. The average Bonchev–Trinajstić information content (AvgIpc) is 2.93. The van der Waals surface area contributed by atoms with Crippen LogP contribution >= 0.6 is 11.8 Å². The van der Waals surface area contributed by atoms with Crippen molar-refractivity contribution in [3.05, 3.63) is 46.3 Å². The molecular weight excluding hydrogens is 360 g/mol. The molecule has 0 bridgehead atoms. The molecule has 1 aromatic heterocycles. The van der Waals surface area contributed by atoms with Gasteiger partial charge in [0.25, 0.3) is 5.91 Å². The fourth-order valence-corrected chi connectivity index (χ4v) is 5.10. The first kappa shape index (κ1) is 18.6. The van der Waals surface area contributed by atoms with E-state index in [9.17, 15) is 9.59 Å². The highest BCUT2D eigenvalue weighted by Gasteiger charge is 2.30. The molecule has 3 heterocycles. The molecule has 144 valence electrons. The van der Waals surface area contributed by atoms with E-state index in [1.165, 1.54) is 25.3 Å². The summed E-state index contributed by atoms with van der Waals surface area (Å²) in [6.07, 6.45) is 4.77. The van der Waals surface area contributed by atoms with Crippen LogP contribution in [0.2, 0.25) is 0 Å². The van der Waals surface area contributed by atoms with Gasteiger partial charge in [-0.15, -0.1) is 0 Å². The Bertz CT molecular complexity index is 860. The number of fused-ring (bicyclic) bond motifs is 1. The third-order valence-corrected chi connectivity index (χ3v) is 6.66. The molecule has 0 aliphatic carbocycles. The maximum absolute atomic E-state index is 13.3. The van der Waals surface area contributed by atoms with Gasteiger partial charge in [-0.2, -0.15) is 11.8 Å². The summed E-state index contributed by atoms with van der Waals surface area (Å²) in [6.45, 7) is 3.87. The first-order valence-corrected chi connectivity index (χ1v) is 11.0. The quantitative estimate of drug-likeness (QED) is 0.811. The molecule has 0 saturated carbocycles. The van der Waals surface area contributed by atoms with E-state index < -0.39 is 0 Å². The molecular formula is C21H26N2O3S. The molecule has 2 aliphatic heterocycles. The molecule has 0 N–H and O–H groups in total. The zero-order chi connectivity index (χ0) is 18.6. The molecule has 2 aliphatic rings. The molecule has 6 heteroatoms. The van der Waals surface area contributed by atoms with E-state index in [1.54, 1.807) is 18.2 Å². The minimum Gasteiger partial charge on any atom is -0.451 e. The smallest absolute Gasteiger partial charge is 0.290 e. The number of piperidine rings is 1. The number of carbonyl (C=O) groups excluding carboxylic acids is 1. The Labute approximate surface area is 163 Å². The summed E-state index contributed by atoms with van der Waals surface area (Å²) in [6, 6.07) is 8.64. The van der Waals surface area contributed by atoms with E-state index in [2.05, 4.69) is 4.90 Å². The average molecular weight is 387 g/mol. The number of hydrogen-bond acceptors (Lipinski definition) is 5. The lowest BCUT2D eigenvalue weighted by atomic mass is 10.1. The molecule has 2 fully saturated rings. The number of para-hydroxylation sites is 1. The Morgan fingerprint density at radius 3 is 2.78 bits per heavy atom. The van der Waals surface area contributed by atoms with E-state index in [1.807, 2.05) is 22.7 Å². The highest BCUT2D eigenvalue weighted by molar-refractivity contribution is 7.99. The molecule has 2 saturated heterocycles. The minimum atomic E-state index is -0.156. The van der Waals surface area contributed by atoms with E-state index >= 15 is 0 Å². The van der Waals surface area contributed by atoms with Crippen LogP contribution in [0.1, 0.15) is 36.2 Å². The first-order valence-electron chi connectivity index (χ1n) is 9.86. The van der Waals surface area contributed by atoms with Crippen LogP contribution in [0.4, 0.5) is 0 Å². The van der Waals surface area contributed by atoms with Gasteiger partial charge in [-0.25, -0.2) is 0 Å². The number of likely N-dealkylation sites (tertiary alicyclic amines) is 1. The lowest BCUT2D eigenvalue weighted by Gasteiger charge is -2.35. The van der Waals surface area contributed by atoms with Crippen LogP contribution in [0.15, 0.2) is 39.5 Å². The number of nitrogens with zero attached hydrogens (tertiary/aromatic N) is 2. The second kappa shape index (κ2) is 8.48. The van der Waals surface area contributed by atoms with E-state index in [4.69, 9.17) is 4.42 Å². The highest BCUT2D eigenvalue weighted by Crippen LogP contribution is 2.22. The Hall–Kier alpha value is -1.79. The predicted molar refractivity (Wildman–Crippen MR) is 110 cm³/mol. The number of amides is 1. The van der Waals surface area contributed by atoms with Crippen molar-refractivity contribution in [2.24, 2.45) is 0 Å². The monoisotopic (exact) mass is 386 g/mol. The first-order chi connectivity index (χ1) is 13.2. The summed E-state index contributed by atoms with van der Waals surface area (Å²) >= 11 is 1.92. The van der Waals surface area contributed by atoms with Gasteiger partial charge in [0.1, 0.15) is 5.58 Å². The zero-order valence-corrected chi connectivity index (χ0v) is 16.4. The zero-order valence-electron chi connectivity index (χ0n) is 15.6. The third kappa shape index (κ3) is 4.22. The number of thioether (sulfide) groups is 1. The summed E-state index contributed by atoms with van der Waals surface area (Å²) in [5.74, 6) is 2.03. The van der Waals surface area contributed by atoms with Crippen LogP contribution in [0.25, 0.3) is 11.0 Å². The standard InChI is InChI=1S/C21H26N2O3S/c24-18-13-20(26-19-8-3-2-7-17(18)19)21(25)23-11-6-12-27-15-16(23)14-22-9-4-1-5-10-22/h2-3,7-8,13,16H,1,4-6,9-12,14-15H2. The van der Waals surface area contributed by atoms with Gasteiger partial charge in [0.2, 0.25) is 0 Å². The molecule has 2 aromatic rings. The van der Waals surface area contributed by atoms with Gasteiger partial charge >= 0.3 is 0 Å². The van der Waals surface area contributed by atoms with Gasteiger partial charge in [0, 0.05) is 24.9 Å². The molecule has 1 aromatic carbocycles. The topological polar surface area (TPSA) is 53.8 Å². The lowest BCUT2D eigenvalue weighted by molar-refractivity contribution is 0.0614. The number of carbonyl (C=O) groups is 1. The fraction of sp³-hybridized carbons (Fsp3) is 0.524. The third-order valence-electron chi connectivity index (χ3n) is 5.46. The predicted octanol–water partition coefficient (Wildman–Crippen LogP) is 3.23. The Balaban J connectivity index is 1.60. The number of hydrogen-bond donors (Lipinski definition) is 0. The fourth-order valence-electron chi connectivity index (χ4n) is 4.04. The summed E-state index contributed by atoms with van der Waals surface area (Å²) in [4.78, 5) is 30.1. The lowest BCUT2D eigenvalue weighted by Crippen LogP contribution is -2.49. The van der Waals surface area contributed by atoms with Gasteiger partial charge in [-0.1, -0.05) is 18.6 Å². The van der Waals surface area contributed by atoms with Gasteiger partial charge in [-0.05, 0) is 50.2 Å². The van der Waals surface area contributed by atoms with Crippen LogP contribution in [-0.4, -0.2) is 59.4 Å². The van der Waals surface area contributed by atoms with Crippen molar-refractivity contribution in [1.82, 2.24) is 9.80 Å². The van der Waals surface area contributed by atoms with E-state index in [0.29, 0.717) is 11.0 Å². The Morgan fingerprint density at radius 1 is 1.11 bits per heavy atom. The van der Waals surface area contributed by atoms with Crippen LogP contribution in [0.5, 0.6) is 0 Å². The molecule has 0 spiro atoms. The largest absolute Gasteiger partial charge is 0.451 e. The minimum absolute atomic E-state index is 0.151. The Kier molecular flexibility index (Phi) is 5.83. The van der Waals surface area contributed by atoms with Crippen molar-refractivity contribution in [1.29, 1.82) is 0 Å². The van der Waals surface area contributed by atoms with Gasteiger partial charge in [0.15, 0.2) is 11.2 Å². The Morgan fingerprint density at radius 2 is 1.93 bits per heavy atom. The molecule has 27 heavy (non-hydrogen) atoms. The van der Waals surface area contributed by atoms with Gasteiger partial charge < -0.3 is 14.2 Å². The van der Waals surface area contributed by atoms with Crippen LogP contribution in [-0.2, 0) is 0 Å². The summed E-state index contributed by atoms with van der Waals surface area (Å²) in [7, 11) is 0. The van der Waals surface area contributed by atoms with Crippen molar-refractivity contribution in [2.45, 2.75) is 31.7 Å².